The maximum Gasteiger partial charge on any atom is 0.198 e. The predicted octanol–water partition coefficient (Wildman–Crippen LogP) is 1.70. The van der Waals surface area contributed by atoms with Gasteiger partial charge in [-0.1, -0.05) is 19.1 Å². The van der Waals surface area contributed by atoms with Crippen LogP contribution in [-0.4, -0.2) is 6.29 Å². The van der Waals surface area contributed by atoms with E-state index in [4.69, 9.17) is 0 Å². The van der Waals surface area contributed by atoms with Crippen molar-refractivity contribution in [2.75, 3.05) is 0 Å². The van der Waals surface area contributed by atoms with Gasteiger partial charge < -0.3 is 0 Å². The molecule has 45 valence electrons. The van der Waals surface area contributed by atoms with Crippen LogP contribution in [-0.2, 0) is 4.79 Å². The van der Waals surface area contributed by atoms with Crippen LogP contribution in [0.25, 0.3) is 0 Å². The number of rotatable bonds is 3. The quantitative estimate of drug-likeness (QED) is 0.506. The Balaban J connectivity index is 3.31. The summed E-state index contributed by atoms with van der Waals surface area (Å²) in [6, 6.07) is 0. The van der Waals surface area contributed by atoms with Crippen molar-refractivity contribution < 1.29 is 4.79 Å². The minimum Gasteiger partial charge on any atom is -0.291 e. The predicted molar refractivity (Wildman–Crippen MR) is 34.3 cm³/mol. The molecule has 0 bridgehead atoms. The van der Waals surface area contributed by atoms with Crippen LogP contribution in [0.3, 0.4) is 0 Å². The first-order valence-electron chi connectivity index (χ1n) is 2.79. The number of allylic oxidation sites excluding steroid dienone is 2. The molecule has 0 aliphatic carbocycles. The Labute approximate surface area is 50.4 Å². The fourth-order valence-corrected chi connectivity index (χ4v) is 0.528. The Bertz CT molecular complexity index is 84.4. The molecule has 0 aromatic heterocycles. The van der Waals surface area contributed by atoms with Crippen molar-refractivity contribution >= 4 is 6.29 Å². The molecule has 1 radical (unpaired) electrons. The van der Waals surface area contributed by atoms with Gasteiger partial charge in [-0.05, 0) is 12.8 Å². The Morgan fingerprint density at radius 3 is 2.75 bits per heavy atom. The van der Waals surface area contributed by atoms with E-state index < -0.39 is 0 Å². The van der Waals surface area contributed by atoms with Gasteiger partial charge in [0.15, 0.2) is 6.29 Å². The van der Waals surface area contributed by atoms with Gasteiger partial charge in [-0.25, -0.2) is 0 Å². The van der Waals surface area contributed by atoms with E-state index in [1.807, 2.05) is 32.3 Å². The van der Waals surface area contributed by atoms with Crippen molar-refractivity contribution in [1.29, 1.82) is 0 Å². The van der Waals surface area contributed by atoms with Crippen LogP contribution in [0.1, 0.15) is 20.3 Å². The second kappa shape index (κ2) is 4.57. The molecule has 0 N–H and O–H groups in total. The number of hydrogen-bond acceptors (Lipinski definition) is 1. The van der Waals surface area contributed by atoms with Crippen LogP contribution in [0.4, 0.5) is 0 Å². The van der Waals surface area contributed by atoms with Crippen LogP contribution in [0.2, 0.25) is 0 Å². The Hall–Kier alpha value is -0.590. The summed E-state index contributed by atoms with van der Waals surface area (Å²) in [5, 5.41) is 0. The molecule has 0 aromatic carbocycles. The standard InChI is InChI=1S/C7H11O/c1-3-4-7(2)5-6-8/h3-4,7H,5H2,1-2H3. The molecule has 0 saturated carbocycles. The summed E-state index contributed by atoms with van der Waals surface area (Å²) in [4.78, 5) is 9.73. The number of carbonyl (C=O) groups excluding carboxylic acids is 1. The molecule has 8 heavy (non-hydrogen) atoms. The maximum absolute atomic E-state index is 9.73. The minimum absolute atomic E-state index is 0.359. The topological polar surface area (TPSA) is 17.1 Å². The van der Waals surface area contributed by atoms with Crippen molar-refractivity contribution in [2.24, 2.45) is 5.92 Å². The third kappa shape index (κ3) is 3.59. The first kappa shape index (κ1) is 7.41. The summed E-state index contributed by atoms with van der Waals surface area (Å²) in [6.45, 7) is 3.94. The molecule has 0 rings (SSSR count). The van der Waals surface area contributed by atoms with E-state index in [9.17, 15) is 4.79 Å². The van der Waals surface area contributed by atoms with Gasteiger partial charge in [0.1, 0.15) is 0 Å². The molecule has 0 aromatic rings. The average Bonchev–Trinajstić information content (AvgIpc) is 1.68. The highest BCUT2D eigenvalue weighted by Gasteiger charge is 1.91. The van der Waals surface area contributed by atoms with Crippen LogP contribution in [0.15, 0.2) is 12.2 Å². The summed E-state index contributed by atoms with van der Waals surface area (Å²) < 4.78 is 0. The Kier molecular flexibility index (Phi) is 4.23. The Morgan fingerprint density at radius 1 is 1.75 bits per heavy atom. The molecule has 0 aliphatic heterocycles. The fraction of sp³-hybridized carbons (Fsp3) is 0.571. The smallest absolute Gasteiger partial charge is 0.198 e. The molecule has 1 heteroatoms. The van der Waals surface area contributed by atoms with E-state index in [2.05, 4.69) is 0 Å². The van der Waals surface area contributed by atoms with E-state index in [0.29, 0.717) is 12.3 Å². The van der Waals surface area contributed by atoms with Crippen molar-refractivity contribution in [3.8, 4) is 0 Å². The fourth-order valence-electron chi connectivity index (χ4n) is 0.528. The third-order valence-electron chi connectivity index (χ3n) is 0.926. The zero-order chi connectivity index (χ0) is 6.41. The Morgan fingerprint density at radius 2 is 2.38 bits per heavy atom. The molecule has 1 unspecified atom stereocenters. The summed E-state index contributed by atoms with van der Waals surface area (Å²) >= 11 is 0. The molecular formula is C7H11O. The van der Waals surface area contributed by atoms with E-state index >= 15 is 0 Å². The summed E-state index contributed by atoms with van der Waals surface area (Å²) in [5.41, 5.74) is 0. The zero-order valence-corrected chi connectivity index (χ0v) is 5.35. The first-order valence-corrected chi connectivity index (χ1v) is 2.79. The van der Waals surface area contributed by atoms with Gasteiger partial charge in [0.05, 0.1) is 0 Å². The van der Waals surface area contributed by atoms with Gasteiger partial charge in [-0.3, -0.25) is 4.79 Å². The minimum atomic E-state index is 0.359. The SMILES string of the molecule is CC=CC(C)C[C]=O. The van der Waals surface area contributed by atoms with E-state index in [1.165, 1.54) is 0 Å². The maximum atomic E-state index is 9.73. The normalized spacial score (nSPS) is 14.2. The molecule has 1 nitrogen and oxygen atoms in total. The van der Waals surface area contributed by atoms with E-state index in [0.717, 1.165) is 0 Å². The van der Waals surface area contributed by atoms with Crippen molar-refractivity contribution in [1.82, 2.24) is 0 Å². The molecule has 0 amide bonds. The average molecular weight is 111 g/mol. The number of hydrogen-bond donors (Lipinski definition) is 0. The highest BCUT2D eigenvalue weighted by molar-refractivity contribution is 5.51. The lowest BCUT2D eigenvalue weighted by Gasteiger charge is -1.94. The lowest BCUT2D eigenvalue weighted by Crippen LogP contribution is -1.87. The van der Waals surface area contributed by atoms with Gasteiger partial charge in [-0.15, -0.1) is 0 Å². The molecule has 0 heterocycles. The summed E-state index contributed by atoms with van der Waals surface area (Å²) in [5.74, 6) is 0.359. The van der Waals surface area contributed by atoms with E-state index in [-0.39, 0.29) is 0 Å². The highest BCUT2D eigenvalue weighted by Crippen LogP contribution is 1.99. The molecule has 0 aliphatic rings. The molecule has 0 spiro atoms. The van der Waals surface area contributed by atoms with Gasteiger partial charge in [0.2, 0.25) is 0 Å². The highest BCUT2D eigenvalue weighted by atomic mass is 16.1. The second-order valence-corrected chi connectivity index (χ2v) is 1.85. The first-order chi connectivity index (χ1) is 3.81. The van der Waals surface area contributed by atoms with Crippen LogP contribution < -0.4 is 0 Å². The van der Waals surface area contributed by atoms with E-state index in [1.54, 1.807) is 0 Å². The van der Waals surface area contributed by atoms with Crippen molar-refractivity contribution in [3.05, 3.63) is 12.2 Å². The third-order valence-corrected chi connectivity index (χ3v) is 0.926. The van der Waals surface area contributed by atoms with Gasteiger partial charge in [0.25, 0.3) is 0 Å². The lowest BCUT2D eigenvalue weighted by molar-refractivity contribution is 0.542. The van der Waals surface area contributed by atoms with Crippen LogP contribution >= 0.6 is 0 Å². The van der Waals surface area contributed by atoms with Gasteiger partial charge in [-0.2, -0.15) is 0 Å². The summed E-state index contributed by atoms with van der Waals surface area (Å²) in [6.07, 6.45) is 6.31. The lowest BCUT2D eigenvalue weighted by atomic mass is 10.1. The second-order valence-electron chi connectivity index (χ2n) is 1.85. The zero-order valence-electron chi connectivity index (χ0n) is 5.35. The molecule has 0 saturated heterocycles. The molecule has 0 fully saturated rings. The van der Waals surface area contributed by atoms with Gasteiger partial charge >= 0.3 is 0 Å². The van der Waals surface area contributed by atoms with Crippen LogP contribution in [0.5, 0.6) is 0 Å². The molecular weight excluding hydrogens is 100 g/mol. The molecule has 1 atom stereocenters. The van der Waals surface area contributed by atoms with Gasteiger partial charge in [0, 0.05) is 6.42 Å². The largest absolute Gasteiger partial charge is 0.291 e. The van der Waals surface area contributed by atoms with Crippen LogP contribution in [0, 0.1) is 5.92 Å². The monoisotopic (exact) mass is 111 g/mol. The summed E-state index contributed by atoms with van der Waals surface area (Å²) in [7, 11) is 0. The van der Waals surface area contributed by atoms with Crippen molar-refractivity contribution in [3.63, 3.8) is 0 Å². The van der Waals surface area contributed by atoms with Crippen molar-refractivity contribution in [2.45, 2.75) is 20.3 Å².